The second-order valence-electron chi connectivity index (χ2n) is 6.38. The fourth-order valence-corrected chi connectivity index (χ4v) is 3.70. The number of piperidine rings is 1. The van der Waals surface area contributed by atoms with Gasteiger partial charge in [-0.1, -0.05) is 6.92 Å². The van der Waals surface area contributed by atoms with E-state index in [0.717, 1.165) is 54.8 Å². The number of benzene rings is 1. The fraction of sp³-hybridized carbons (Fsp3) is 0.389. The molecule has 0 spiro atoms. The Labute approximate surface area is 154 Å². The lowest BCUT2D eigenvalue weighted by Crippen LogP contribution is -2.36. The van der Waals surface area contributed by atoms with Crippen molar-refractivity contribution in [2.24, 2.45) is 0 Å². The van der Waals surface area contributed by atoms with Gasteiger partial charge in [-0.3, -0.25) is 4.68 Å². The Bertz CT molecular complexity index is 884. The molecular weight excluding hydrogens is 385 g/mol. The van der Waals surface area contributed by atoms with E-state index in [1.54, 1.807) is 18.3 Å². The van der Waals surface area contributed by atoms with Crippen LogP contribution in [-0.2, 0) is 6.42 Å². The smallest absolute Gasteiger partial charge is 0.225 e. The van der Waals surface area contributed by atoms with Gasteiger partial charge in [-0.05, 0) is 46.8 Å². The lowest BCUT2D eigenvalue weighted by atomic mass is 10.1. The Morgan fingerprint density at radius 1 is 1.16 bits per heavy atom. The maximum atomic E-state index is 13.9. The highest BCUT2D eigenvalue weighted by molar-refractivity contribution is 9.10. The molecule has 3 aromatic rings. The maximum absolute atomic E-state index is 13.9. The first-order chi connectivity index (χ1) is 12.2. The van der Waals surface area contributed by atoms with Gasteiger partial charge in [-0.15, -0.1) is 0 Å². The number of nitrogens with zero attached hydrogens (tertiary/aromatic N) is 5. The van der Waals surface area contributed by atoms with E-state index < -0.39 is 0 Å². The Morgan fingerprint density at radius 2 is 1.88 bits per heavy atom. The van der Waals surface area contributed by atoms with Gasteiger partial charge in [0.2, 0.25) is 5.95 Å². The number of aromatic nitrogens is 4. The first-order valence-electron chi connectivity index (χ1n) is 8.54. The van der Waals surface area contributed by atoms with E-state index in [0.29, 0.717) is 4.47 Å². The number of rotatable bonds is 3. The third-order valence-electron chi connectivity index (χ3n) is 4.83. The van der Waals surface area contributed by atoms with Gasteiger partial charge < -0.3 is 4.90 Å². The van der Waals surface area contributed by atoms with Crippen LogP contribution in [0.1, 0.15) is 31.4 Å². The Kier molecular flexibility index (Phi) is 4.41. The lowest BCUT2D eigenvalue weighted by Gasteiger charge is -2.32. The molecule has 3 heterocycles. The molecule has 7 heteroatoms. The van der Waals surface area contributed by atoms with Crippen molar-refractivity contribution in [2.45, 2.75) is 32.2 Å². The summed E-state index contributed by atoms with van der Waals surface area (Å²) in [5.41, 5.74) is 2.00. The molecule has 0 atom stereocenters. The zero-order valence-electron chi connectivity index (χ0n) is 14.0. The van der Waals surface area contributed by atoms with Crippen LogP contribution in [0.4, 0.5) is 10.3 Å². The first-order valence-corrected chi connectivity index (χ1v) is 9.33. The van der Waals surface area contributed by atoms with Crippen LogP contribution in [0.15, 0.2) is 35.2 Å². The van der Waals surface area contributed by atoms with Crippen LogP contribution in [0.2, 0.25) is 0 Å². The van der Waals surface area contributed by atoms with Gasteiger partial charge in [-0.25, -0.2) is 14.4 Å². The standard InChI is InChI=1S/C18H19BrFN5/c1-2-12-9-21-18(22-10-12)24-5-3-14(4-6-24)25-17-8-16(20)15(19)7-13(17)11-23-25/h7-11,14H,2-6H2,1H3. The lowest BCUT2D eigenvalue weighted by molar-refractivity contribution is 0.373. The van der Waals surface area contributed by atoms with Gasteiger partial charge >= 0.3 is 0 Å². The van der Waals surface area contributed by atoms with Crippen LogP contribution < -0.4 is 4.90 Å². The molecule has 5 nitrogen and oxygen atoms in total. The highest BCUT2D eigenvalue weighted by Gasteiger charge is 2.24. The molecule has 130 valence electrons. The van der Waals surface area contributed by atoms with Crippen LogP contribution in [0.5, 0.6) is 0 Å². The van der Waals surface area contributed by atoms with Crippen LogP contribution in [0, 0.1) is 5.82 Å². The van der Waals surface area contributed by atoms with Gasteiger partial charge in [-0.2, -0.15) is 5.10 Å². The Hall–Kier alpha value is -2.02. The molecule has 0 aliphatic carbocycles. The third-order valence-corrected chi connectivity index (χ3v) is 5.44. The topological polar surface area (TPSA) is 46.8 Å². The second kappa shape index (κ2) is 6.71. The van der Waals surface area contributed by atoms with Crippen molar-refractivity contribution in [3.8, 4) is 0 Å². The quantitative estimate of drug-likeness (QED) is 0.659. The monoisotopic (exact) mass is 403 g/mol. The summed E-state index contributed by atoms with van der Waals surface area (Å²) in [5.74, 6) is 0.534. The first kappa shape index (κ1) is 16.4. The number of hydrogen-bond acceptors (Lipinski definition) is 4. The average Bonchev–Trinajstić information content (AvgIpc) is 3.05. The van der Waals surface area contributed by atoms with E-state index in [1.165, 1.54) is 0 Å². The van der Waals surface area contributed by atoms with Crippen molar-refractivity contribution in [3.63, 3.8) is 0 Å². The highest BCUT2D eigenvalue weighted by Crippen LogP contribution is 2.30. The molecule has 1 aliphatic rings. The minimum absolute atomic E-state index is 0.254. The van der Waals surface area contributed by atoms with E-state index in [9.17, 15) is 4.39 Å². The summed E-state index contributed by atoms with van der Waals surface area (Å²) in [4.78, 5) is 11.1. The van der Waals surface area contributed by atoms with E-state index in [-0.39, 0.29) is 11.9 Å². The minimum Gasteiger partial charge on any atom is -0.341 e. The van der Waals surface area contributed by atoms with Crippen LogP contribution in [-0.4, -0.2) is 32.8 Å². The molecule has 25 heavy (non-hydrogen) atoms. The van der Waals surface area contributed by atoms with E-state index >= 15 is 0 Å². The second-order valence-corrected chi connectivity index (χ2v) is 7.23. The van der Waals surface area contributed by atoms with Crippen molar-refractivity contribution in [1.82, 2.24) is 19.7 Å². The SMILES string of the molecule is CCc1cnc(N2CCC(n3ncc4cc(Br)c(F)cc43)CC2)nc1. The summed E-state index contributed by atoms with van der Waals surface area (Å²) in [5, 5.41) is 5.45. The summed E-state index contributed by atoms with van der Waals surface area (Å²) in [6.07, 6.45) is 8.42. The van der Waals surface area contributed by atoms with Crippen molar-refractivity contribution in [2.75, 3.05) is 18.0 Å². The number of anilines is 1. The van der Waals surface area contributed by atoms with Crippen molar-refractivity contribution in [3.05, 3.63) is 46.6 Å². The summed E-state index contributed by atoms with van der Waals surface area (Å²) in [7, 11) is 0. The number of halogens is 2. The maximum Gasteiger partial charge on any atom is 0.225 e. The highest BCUT2D eigenvalue weighted by atomic mass is 79.9. The van der Waals surface area contributed by atoms with Gasteiger partial charge in [0.1, 0.15) is 5.82 Å². The molecule has 0 N–H and O–H groups in total. The van der Waals surface area contributed by atoms with Crippen molar-refractivity contribution < 1.29 is 4.39 Å². The predicted octanol–water partition coefficient (Wildman–Crippen LogP) is 4.13. The number of fused-ring (bicyclic) bond motifs is 1. The van der Waals surface area contributed by atoms with Gasteiger partial charge in [0.25, 0.3) is 0 Å². The molecule has 1 aromatic carbocycles. The average molecular weight is 404 g/mol. The Morgan fingerprint density at radius 3 is 2.56 bits per heavy atom. The molecule has 0 unspecified atom stereocenters. The van der Waals surface area contributed by atoms with Crippen molar-refractivity contribution >= 4 is 32.8 Å². The van der Waals surface area contributed by atoms with Gasteiger partial charge in [0.15, 0.2) is 0 Å². The summed E-state index contributed by atoms with van der Waals surface area (Å²) < 4.78 is 16.3. The molecule has 0 saturated carbocycles. The molecule has 4 rings (SSSR count). The number of hydrogen-bond donors (Lipinski definition) is 0. The van der Waals surface area contributed by atoms with Crippen molar-refractivity contribution in [1.29, 1.82) is 0 Å². The van der Waals surface area contributed by atoms with Gasteiger partial charge in [0, 0.05) is 36.9 Å². The molecule has 0 amide bonds. The normalized spacial score (nSPS) is 15.9. The van der Waals surface area contributed by atoms with E-state index in [1.807, 2.05) is 17.1 Å². The van der Waals surface area contributed by atoms with E-state index in [4.69, 9.17) is 0 Å². The molecule has 1 aliphatic heterocycles. The molecule has 2 aromatic heterocycles. The summed E-state index contributed by atoms with van der Waals surface area (Å²) in [6, 6.07) is 3.61. The summed E-state index contributed by atoms with van der Waals surface area (Å²) in [6.45, 7) is 3.84. The van der Waals surface area contributed by atoms with Crippen LogP contribution in [0.25, 0.3) is 10.9 Å². The molecule has 1 saturated heterocycles. The van der Waals surface area contributed by atoms with Gasteiger partial charge in [0.05, 0.1) is 22.2 Å². The van der Waals surface area contributed by atoms with Crippen LogP contribution in [0.3, 0.4) is 0 Å². The zero-order valence-corrected chi connectivity index (χ0v) is 15.6. The minimum atomic E-state index is -0.254. The van der Waals surface area contributed by atoms with Crippen LogP contribution >= 0.6 is 15.9 Å². The summed E-state index contributed by atoms with van der Waals surface area (Å²) >= 11 is 3.23. The number of aryl methyl sites for hydroxylation is 1. The predicted molar refractivity (Wildman–Crippen MR) is 99.3 cm³/mol. The zero-order chi connectivity index (χ0) is 17.4. The largest absolute Gasteiger partial charge is 0.341 e. The van der Waals surface area contributed by atoms with E-state index in [2.05, 4.69) is 42.8 Å². The Balaban J connectivity index is 1.51. The third kappa shape index (κ3) is 3.13. The molecule has 0 radical (unpaired) electrons. The molecular formula is C18H19BrFN5. The fourth-order valence-electron chi connectivity index (χ4n) is 3.34. The molecule has 1 fully saturated rings. The molecule has 0 bridgehead atoms.